The Morgan fingerprint density at radius 3 is 2.74 bits per heavy atom. The molecule has 9 heteroatoms. The van der Waals surface area contributed by atoms with Gasteiger partial charge in [0.2, 0.25) is 6.04 Å². The van der Waals surface area contributed by atoms with Gasteiger partial charge in [-0.3, -0.25) is 4.55 Å². The van der Waals surface area contributed by atoms with Crippen LogP contribution in [0, 0.1) is 0 Å². The number of hydrogen-bond donors (Lipinski definition) is 1. The molecule has 1 atom stereocenters. The van der Waals surface area contributed by atoms with Crippen molar-refractivity contribution in [3.05, 3.63) is 24.3 Å². The van der Waals surface area contributed by atoms with Crippen LogP contribution < -0.4 is 0 Å². The lowest BCUT2D eigenvalue weighted by Crippen LogP contribution is -2.19. The summed E-state index contributed by atoms with van der Waals surface area (Å²) in [6.07, 6.45) is 0. The zero-order chi connectivity index (χ0) is 14.0. The number of benzene rings is 1. The van der Waals surface area contributed by atoms with Crippen LogP contribution in [-0.4, -0.2) is 30.7 Å². The molecule has 0 saturated carbocycles. The Labute approximate surface area is 108 Å². The summed E-state index contributed by atoms with van der Waals surface area (Å²) in [7, 11) is -4.30. The van der Waals surface area contributed by atoms with Gasteiger partial charge in [-0.15, -0.1) is 0 Å². The van der Waals surface area contributed by atoms with Gasteiger partial charge < -0.3 is 4.84 Å². The van der Waals surface area contributed by atoms with E-state index in [4.69, 9.17) is 4.55 Å². The van der Waals surface area contributed by atoms with E-state index in [1.165, 1.54) is 18.2 Å². The third-order valence-electron chi connectivity index (χ3n) is 2.30. The molecular weight excluding hydrogens is 274 g/mol. The monoisotopic (exact) mass is 283 g/mol. The molecule has 1 aromatic rings. The predicted octanol–water partition coefficient (Wildman–Crippen LogP) is 1.32. The summed E-state index contributed by atoms with van der Waals surface area (Å²) in [5.74, 6) is -0.646. The number of azo groups is 1. The standard InChI is InChI=1S/C10H9N3O5S/c1-6-9(10(14)18-13-6)12-11-7-3-2-4-8(5-7)19(15,16)17/h2-5,9H,1H3,(H,15,16,17). The molecule has 1 unspecified atom stereocenters. The maximum absolute atomic E-state index is 11.2. The highest BCUT2D eigenvalue weighted by molar-refractivity contribution is 7.85. The molecule has 0 fully saturated rings. The molecule has 0 amide bonds. The van der Waals surface area contributed by atoms with Crippen molar-refractivity contribution in [2.45, 2.75) is 17.9 Å². The van der Waals surface area contributed by atoms with E-state index in [0.717, 1.165) is 6.07 Å². The lowest BCUT2D eigenvalue weighted by Gasteiger charge is -1.99. The van der Waals surface area contributed by atoms with Crippen LogP contribution >= 0.6 is 0 Å². The fraction of sp³-hybridized carbons (Fsp3) is 0.200. The Morgan fingerprint density at radius 2 is 2.16 bits per heavy atom. The first-order valence-corrected chi connectivity index (χ1v) is 6.56. The lowest BCUT2D eigenvalue weighted by molar-refractivity contribution is -0.141. The second-order valence-corrected chi connectivity index (χ2v) is 5.15. The average molecular weight is 283 g/mol. The molecule has 0 aliphatic carbocycles. The minimum absolute atomic E-state index is 0.183. The second kappa shape index (κ2) is 4.86. The normalized spacial score (nSPS) is 19.6. The number of oxime groups is 1. The molecule has 1 aliphatic heterocycles. The molecule has 0 bridgehead atoms. The van der Waals surface area contributed by atoms with Crippen LogP contribution in [0.2, 0.25) is 0 Å². The van der Waals surface area contributed by atoms with Crippen LogP contribution in [0.25, 0.3) is 0 Å². The van der Waals surface area contributed by atoms with E-state index in [2.05, 4.69) is 20.2 Å². The van der Waals surface area contributed by atoms with Gasteiger partial charge in [0.25, 0.3) is 10.1 Å². The molecule has 0 saturated heterocycles. The van der Waals surface area contributed by atoms with Crippen molar-refractivity contribution < 1.29 is 22.6 Å². The van der Waals surface area contributed by atoms with Crippen LogP contribution in [-0.2, 0) is 19.8 Å². The van der Waals surface area contributed by atoms with Gasteiger partial charge in [-0.25, -0.2) is 4.79 Å². The molecule has 0 spiro atoms. The number of carbonyl (C=O) groups excluding carboxylic acids is 1. The van der Waals surface area contributed by atoms with Gasteiger partial charge in [0.05, 0.1) is 16.3 Å². The van der Waals surface area contributed by atoms with Gasteiger partial charge >= 0.3 is 5.97 Å². The van der Waals surface area contributed by atoms with Crippen molar-refractivity contribution >= 4 is 27.5 Å². The molecule has 0 radical (unpaired) electrons. The van der Waals surface area contributed by atoms with Gasteiger partial charge in [0, 0.05) is 0 Å². The molecule has 100 valence electrons. The maximum atomic E-state index is 11.2. The Morgan fingerprint density at radius 1 is 1.42 bits per heavy atom. The van der Waals surface area contributed by atoms with Gasteiger partial charge in [-0.1, -0.05) is 11.2 Å². The minimum Gasteiger partial charge on any atom is -0.315 e. The summed E-state index contributed by atoms with van der Waals surface area (Å²) in [4.78, 5) is 15.3. The van der Waals surface area contributed by atoms with Crippen molar-refractivity contribution in [1.82, 2.24) is 0 Å². The van der Waals surface area contributed by atoms with E-state index >= 15 is 0 Å². The predicted molar refractivity (Wildman–Crippen MR) is 63.8 cm³/mol. The zero-order valence-electron chi connectivity index (χ0n) is 9.72. The smallest absolute Gasteiger partial charge is 0.315 e. The second-order valence-electron chi connectivity index (χ2n) is 3.73. The fourth-order valence-corrected chi connectivity index (χ4v) is 1.87. The minimum atomic E-state index is -4.30. The lowest BCUT2D eigenvalue weighted by atomic mass is 10.2. The highest BCUT2D eigenvalue weighted by Gasteiger charge is 2.29. The molecule has 0 aromatic heterocycles. The fourth-order valence-electron chi connectivity index (χ4n) is 1.35. The van der Waals surface area contributed by atoms with Gasteiger partial charge in [-0.2, -0.15) is 18.6 Å². The van der Waals surface area contributed by atoms with E-state index in [0.29, 0.717) is 5.71 Å². The first-order valence-electron chi connectivity index (χ1n) is 5.11. The molecule has 8 nitrogen and oxygen atoms in total. The van der Waals surface area contributed by atoms with Gasteiger partial charge in [-0.05, 0) is 25.1 Å². The highest BCUT2D eigenvalue weighted by Crippen LogP contribution is 2.19. The molecule has 1 aliphatic rings. The van der Waals surface area contributed by atoms with E-state index in [1.54, 1.807) is 6.92 Å². The van der Waals surface area contributed by atoms with Crippen molar-refractivity contribution in [1.29, 1.82) is 0 Å². The SMILES string of the molecule is CC1=NOC(=O)C1N=Nc1cccc(S(=O)(=O)O)c1. The Hall–Kier alpha value is -2.13. The van der Waals surface area contributed by atoms with Crippen molar-refractivity contribution in [2.75, 3.05) is 0 Å². The quantitative estimate of drug-likeness (QED) is 0.510. The molecule has 1 N–H and O–H groups in total. The molecule has 2 rings (SSSR count). The van der Waals surface area contributed by atoms with Crippen molar-refractivity contribution in [3.8, 4) is 0 Å². The van der Waals surface area contributed by atoms with Crippen LogP contribution in [0.3, 0.4) is 0 Å². The third kappa shape index (κ3) is 3.01. The van der Waals surface area contributed by atoms with Crippen LogP contribution in [0.15, 0.2) is 44.5 Å². The largest absolute Gasteiger partial charge is 0.367 e. The summed E-state index contributed by atoms with van der Waals surface area (Å²) >= 11 is 0. The van der Waals surface area contributed by atoms with Crippen molar-refractivity contribution in [3.63, 3.8) is 0 Å². The Balaban J connectivity index is 2.25. The summed E-state index contributed by atoms with van der Waals surface area (Å²) in [5.41, 5.74) is 0.544. The topological polar surface area (TPSA) is 118 Å². The maximum Gasteiger partial charge on any atom is 0.367 e. The molecule has 19 heavy (non-hydrogen) atoms. The summed E-state index contributed by atoms with van der Waals surface area (Å²) in [5, 5.41) is 10.9. The van der Waals surface area contributed by atoms with Crippen LogP contribution in [0.1, 0.15) is 6.92 Å². The third-order valence-corrected chi connectivity index (χ3v) is 3.15. The van der Waals surface area contributed by atoms with E-state index < -0.39 is 22.1 Å². The van der Waals surface area contributed by atoms with Crippen molar-refractivity contribution in [2.24, 2.45) is 15.4 Å². The molecular formula is C10H9N3O5S. The van der Waals surface area contributed by atoms with E-state index in [1.807, 2.05) is 0 Å². The molecule has 1 heterocycles. The van der Waals surface area contributed by atoms with E-state index in [9.17, 15) is 13.2 Å². The number of rotatable bonds is 3. The number of nitrogens with zero attached hydrogens (tertiary/aromatic N) is 3. The first-order chi connectivity index (χ1) is 8.88. The van der Waals surface area contributed by atoms with Gasteiger partial charge in [0.15, 0.2) is 0 Å². The number of hydrogen-bond acceptors (Lipinski definition) is 7. The van der Waals surface area contributed by atoms with Crippen LogP contribution in [0.4, 0.5) is 5.69 Å². The highest BCUT2D eigenvalue weighted by atomic mass is 32.2. The summed E-state index contributed by atoms with van der Waals surface area (Å²) in [6, 6.07) is 4.29. The summed E-state index contributed by atoms with van der Waals surface area (Å²) in [6.45, 7) is 1.56. The van der Waals surface area contributed by atoms with E-state index in [-0.39, 0.29) is 10.6 Å². The zero-order valence-corrected chi connectivity index (χ0v) is 10.5. The average Bonchev–Trinajstić information content (AvgIpc) is 2.66. The van der Waals surface area contributed by atoms with Crippen LogP contribution in [0.5, 0.6) is 0 Å². The van der Waals surface area contributed by atoms with Gasteiger partial charge in [0.1, 0.15) is 0 Å². The number of carbonyl (C=O) groups is 1. The summed E-state index contributed by atoms with van der Waals surface area (Å²) < 4.78 is 30.8. The Bertz CT molecular complexity index is 680. The molecule has 1 aromatic carbocycles. The first kappa shape index (κ1) is 13.3. The Kier molecular flexibility index (Phi) is 3.40.